The fraction of sp³-hybridized carbons (Fsp3) is 0.429. The van der Waals surface area contributed by atoms with Crippen LogP contribution in [-0.2, 0) is 5.41 Å². The molecule has 0 aromatic heterocycles. The van der Waals surface area contributed by atoms with Gasteiger partial charge in [-0.15, -0.1) is 0 Å². The smallest absolute Gasteiger partial charge is 0.163 e. The Balaban J connectivity index is 2.60. The molecule has 2 rings (SSSR count). The van der Waals surface area contributed by atoms with Gasteiger partial charge in [0.25, 0.3) is 0 Å². The van der Waals surface area contributed by atoms with Crippen molar-refractivity contribution < 1.29 is 9.59 Å². The summed E-state index contributed by atoms with van der Waals surface area (Å²) in [5.74, 6) is 0.177. The molecule has 0 aliphatic heterocycles. The minimum atomic E-state index is 0.0129. The standard InChI is InChI=1S/C14H16O2/c1-9(15)10-4-5-12-11(8-10)13(16)6-7-14(12,2)3/h4-5,8H,6-7H2,1-3H3. The van der Waals surface area contributed by atoms with Gasteiger partial charge in [0.2, 0.25) is 0 Å². The molecule has 0 bridgehead atoms. The van der Waals surface area contributed by atoms with E-state index in [4.69, 9.17) is 0 Å². The van der Waals surface area contributed by atoms with Gasteiger partial charge in [0.05, 0.1) is 0 Å². The monoisotopic (exact) mass is 216 g/mol. The Morgan fingerprint density at radius 1 is 1.31 bits per heavy atom. The summed E-state index contributed by atoms with van der Waals surface area (Å²) in [4.78, 5) is 23.1. The van der Waals surface area contributed by atoms with Crippen LogP contribution >= 0.6 is 0 Å². The van der Waals surface area contributed by atoms with Crippen molar-refractivity contribution in [2.24, 2.45) is 0 Å². The number of hydrogen-bond donors (Lipinski definition) is 0. The lowest BCUT2D eigenvalue weighted by Gasteiger charge is -2.31. The maximum atomic E-state index is 11.8. The van der Waals surface area contributed by atoms with E-state index in [0.29, 0.717) is 12.0 Å². The molecule has 1 aromatic rings. The lowest BCUT2D eigenvalue weighted by atomic mass is 9.72. The molecule has 0 heterocycles. The Bertz CT molecular complexity index is 470. The summed E-state index contributed by atoms with van der Waals surface area (Å²) in [6.45, 7) is 5.82. The second-order valence-corrected chi connectivity index (χ2v) is 5.12. The van der Waals surface area contributed by atoms with Crippen molar-refractivity contribution in [3.05, 3.63) is 34.9 Å². The van der Waals surface area contributed by atoms with Crippen molar-refractivity contribution in [1.29, 1.82) is 0 Å². The second kappa shape index (κ2) is 3.55. The molecule has 0 fully saturated rings. The van der Waals surface area contributed by atoms with Crippen LogP contribution in [0.2, 0.25) is 0 Å². The molecule has 0 radical (unpaired) electrons. The number of carbonyl (C=O) groups excluding carboxylic acids is 2. The normalized spacial score (nSPS) is 18.1. The third-order valence-corrected chi connectivity index (χ3v) is 3.43. The first kappa shape index (κ1) is 11.1. The Kier molecular flexibility index (Phi) is 2.45. The second-order valence-electron chi connectivity index (χ2n) is 5.12. The van der Waals surface area contributed by atoms with E-state index >= 15 is 0 Å². The number of ketones is 2. The summed E-state index contributed by atoms with van der Waals surface area (Å²) in [7, 11) is 0. The van der Waals surface area contributed by atoms with Gasteiger partial charge in [0, 0.05) is 17.5 Å². The van der Waals surface area contributed by atoms with Crippen LogP contribution < -0.4 is 0 Å². The van der Waals surface area contributed by atoms with Gasteiger partial charge in [-0.05, 0) is 30.4 Å². The van der Waals surface area contributed by atoms with Gasteiger partial charge < -0.3 is 0 Å². The summed E-state index contributed by atoms with van der Waals surface area (Å²) in [5, 5.41) is 0. The van der Waals surface area contributed by atoms with E-state index in [-0.39, 0.29) is 17.0 Å². The predicted molar refractivity (Wildman–Crippen MR) is 63.0 cm³/mol. The minimum absolute atomic E-state index is 0.0129. The highest BCUT2D eigenvalue weighted by Crippen LogP contribution is 2.36. The maximum absolute atomic E-state index is 11.8. The minimum Gasteiger partial charge on any atom is -0.295 e. The first-order chi connectivity index (χ1) is 7.42. The zero-order valence-electron chi connectivity index (χ0n) is 9.96. The summed E-state index contributed by atoms with van der Waals surface area (Å²) in [5.41, 5.74) is 2.49. The van der Waals surface area contributed by atoms with Crippen molar-refractivity contribution in [3.63, 3.8) is 0 Å². The van der Waals surface area contributed by atoms with E-state index in [2.05, 4.69) is 13.8 Å². The van der Waals surface area contributed by atoms with Gasteiger partial charge in [-0.2, -0.15) is 0 Å². The molecule has 84 valence electrons. The van der Waals surface area contributed by atoms with Crippen molar-refractivity contribution in [2.45, 2.75) is 39.0 Å². The molecule has 0 amide bonds. The fourth-order valence-electron chi connectivity index (χ4n) is 2.28. The van der Waals surface area contributed by atoms with E-state index in [1.54, 1.807) is 6.07 Å². The molecular weight excluding hydrogens is 200 g/mol. The Hall–Kier alpha value is -1.44. The van der Waals surface area contributed by atoms with Crippen LogP contribution in [0.1, 0.15) is 59.9 Å². The average Bonchev–Trinajstić information content (AvgIpc) is 2.23. The SMILES string of the molecule is CC(=O)c1ccc2c(c1)C(=O)CCC2(C)C. The zero-order chi connectivity index (χ0) is 11.9. The summed E-state index contributed by atoms with van der Waals surface area (Å²) < 4.78 is 0. The molecular formula is C14H16O2. The molecule has 0 saturated carbocycles. The Morgan fingerprint density at radius 3 is 2.62 bits per heavy atom. The van der Waals surface area contributed by atoms with Gasteiger partial charge in [0.1, 0.15) is 0 Å². The van der Waals surface area contributed by atoms with Gasteiger partial charge in [-0.25, -0.2) is 0 Å². The summed E-state index contributed by atoms with van der Waals surface area (Å²) in [6, 6.07) is 5.51. The van der Waals surface area contributed by atoms with Gasteiger partial charge >= 0.3 is 0 Å². The molecule has 1 aliphatic rings. The number of Topliss-reactive ketones (excluding diaryl/α,β-unsaturated/α-hetero) is 2. The maximum Gasteiger partial charge on any atom is 0.163 e. The van der Waals surface area contributed by atoms with Crippen LogP contribution in [-0.4, -0.2) is 11.6 Å². The average molecular weight is 216 g/mol. The third kappa shape index (κ3) is 1.69. The van der Waals surface area contributed by atoms with Crippen LogP contribution in [0.15, 0.2) is 18.2 Å². The van der Waals surface area contributed by atoms with Crippen molar-refractivity contribution in [2.75, 3.05) is 0 Å². The quantitative estimate of drug-likeness (QED) is 0.676. The molecule has 0 saturated heterocycles. The number of rotatable bonds is 1. The van der Waals surface area contributed by atoms with Gasteiger partial charge in [-0.3, -0.25) is 9.59 Å². The number of carbonyl (C=O) groups is 2. The molecule has 0 atom stereocenters. The van der Waals surface area contributed by atoms with E-state index in [0.717, 1.165) is 17.5 Å². The lowest BCUT2D eigenvalue weighted by Crippen LogP contribution is -2.27. The first-order valence-corrected chi connectivity index (χ1v) is 5.60. The Morgan fingerprint density at radius 2 is 2.00 bits per heavy atom. The molecule has 1 aromatic carbocycles. The van der Waals surface area contributed by atoms with Crippen molar-refractivity contribution >= 4 is 11.6 Å². The van der Waals surface area contributed by atoms with Gasteiger partial charge in [-0.1, -0.05) is 26.0 Å². The summed E-state index contributed by atoms with van der Waals surface area (Å²) >= 11 is 0. The summed E-state index contributed by atoms with van der Waals surface area (Å²) in [6.07, 6.45) is 1.47. The van der Waals surface area contributed by atoms with Crippen LogP contribution in [0, 0.1) is 0 Å². The zero-order valence-corrected chi connectivity index (χ0v) is 9.96. The lowest BCUT2D eigenvalue weighted by molar-refractivity contribution is 0.0957. The van der Waals surface area contributed by atoms with E-state index < -0.39 is 0 Å². The molecule has 1 aliphatic carbocycles. The predicted octanol–water partition coefficient (Wildman–Crippen LogP) is 3.14. The van der Waals surface area contributed by atoms with E-state index in [1.165, 1.54) is 6.92 Å². The highest BCUT2D eigenvalue weighted by atomic mass is 16.1. The van der Waals surface area contributed by atoms with Crippen LogP contribution in [0.4, 0.5) is 0 Å². The van der Waals surface area contributed by atoms with E-state index in [1.807, 2.05) is 12.1 Å². The van der Waals surface area contributed by atoms with Crippen LogP contribution in [0.5, 0.6) is 0 Å². The molecule has 16 heavy (non-hydrogen) atoms. The largest absolute Gasteiger partial charge is 0.295 e. The Labute approximate surface area is 95.7 Å². The molecule has 0 unspecified atom stereocenters. The fourth-order valence-corrected chi connectivity index (χ4v) is 2.28. The van der Waals surface area contributed by atoms with Crippen LogP contribution in [0.3, 0.4) is 0 Å². The molecule has 0 spiro atoms. The van der Waals surface area contributed by atoms with E-state index in [9.17, 15) is 9.59 Å². The van der Waals surface area contributed by atoms with Crippen molar-refractivity contribution in [3.8, 4) is 0 Å². The topological polar surface area (TPSA) is 34.1 Å². The molecule has 2 nitrogen and oxygen atoms in total. The highest BCUT2D eigenvalue weighted by Gasteiger charge is 2.31. The molecule has 2 heteroatoms. The number of fused-ring (bicyclic) bond motifs is 1. The molecule has 0 N–H and O–H groups in total. The number of hydrogen-bond acceptors (Lipinski definition) is 2. The third-order valence-electron chi connectivity index (χ3n) is 3.43. The van der Waals surface area contributed by atoms with Gasteiger partial charge in [0.15, 0.2) is 11.6 Å². The first-order valence-electron chi connectivity index (χ1n) is 5.60. The highest BCUT2D eigenvalue weighted by molar-refractivity contribution is 6.02. The van der Waals surface area contributed by atoms with Crippen LogP contribution in [0.25, 0.3) is 0 Å². The number of benzene rings is 1. The van der Waals surface area contributed by atoms with Crippen molar-refractivity contribution in [1.82, 2.24) is 0 Å².